The van der Waals surface area contributed by atoms with Crippen molar-refractivity contribution >= 4 is 33.0 Å². The standard InChI is InChI=1S/C14H12BrN3/c1-9-2-4-12(15)14(6-9)18-13-5-3-11(17)7-10(13)8-16/h2-7,18H,17H2,1H3. The Balaban J connectivity index is 2.40. The molecule has 3 nitrogen and oxygen atoms in total. The summed E-state index contributed by atoms with van der Waals surface area (Å²) in [6.07, 6.45) is 0. The van der Waals surface area contributed by atoms with Crippen molar-refractivity contribution in [1.82, 2.24) is 0 Å². The Morgan fingerprint density at radius 1 is 1.17 bits per heavy atom. The van der Waals surface area contributed by atoms with Crippen LogP contribution in [0.2, 0.25) is 0 Å². The lowest BCUT2D eigenvalue weighted by Crippen LogP contribution is -1.96. The number of hydrogen-bond donors (Lipinski definition) is 2. The number of benzene rings is 2. The van der Waals surface area contributed by atoms with Gasteiger partial charge < -0.3 is 11.1 Å². The smallest absolute Gasteiger partial charge is 0.101 e. The Hall–Kier alpha value is -1.99. The molecule has 0 aromatic heterocycles. The number of nitrogens with two attached hydrogens (primary N) is 1. The lowest BCUT2D eigenvalue weighted by atomic mass is 10.1. The quantitative estimate of drug-likeness (QED) is 0.826. The van der Waals surface area contributed by atoms with E-state index < -0.39 is 0 Å². The van der Waals surface area contributed by atoms with Gasteiger partial charge in [0.05, 0.1) is 16.9 Å². The molecular weight excluding hydrogens is 290 g/mol. The molecule has 2 aromatic rings. The van der Waals surface area contributed by atoms with Crippen LogP contribution in [0.4, 0.5) is 17.1 Å². The van der Waals surface area contributed by atoms with E-state index in [-0.39, 0.29) is 0 Å². The average molecular weight is 302 g/mol. The maximum atomic E-state index is 9.09. The van der Waals surface area contributed by atoms with Crippen LogP contribution in [-0.2, 0) is 0 Å². The maximum absolute atomic E-state index is 9.09. The molecule has 0 saturated carbocycles. The SMILES string of the molecule is Cc1ccc(Br)c(Nc2ccc(N)cc2C#N)c1. The predicted octanol–water partition coefficient (Wildman–Crippen LogP) is 3.96. The summed E-state index contributed by atoms with van der Waals surface area (Å²) in [5.41, 5.74) is 9.60. The van der Waals surface area contributed by atoms with Gasteiger partial charge in [0.1, 0.15) is 6.07 Å². The number of anilines is 3. The number of hydrogen-bond acceptors (Lipinski definition) is 3. The highest BCUT2D eigenvalue weighted by Gasteiger charge is 2.05. The van der Waals surface area contributed by atoms with Crippen LogP contribution >= 0.6 is 15.9 Å². The second kappa shape index (κ2) is 5.11. The number of nitrogens with zero attached hydrogens (tertiary/aromatic N) is 1. The van der Waals surface area contributed by atoms with E-state index in [4.69, 9.17) is 11.0 Å². The van der Waals surface area contributed by atoms with Crippen LogP contribution in [0.15, 0.2) is 40.9 Å². The molecule has 0 heterocycles. The van der Waals surface area contributed by atoms with Crippen LogP contribution in [0.5, 0.6) is 0 Å². The van der Waals surface area contributed by atoms with Gasteiger partial charge in [-0.25, -0.2) is 0 Å². The summed E-state index contributed by atoms with van der Waals surface area (Å²) < 4.78 is 0.953. The van der Waals surface area contributed by atoms with E-state index in [1.54, 1.807) is 12.1 Å². The van der Waals surface area contributed by atoms with Gasteiger partial charge in [-0.2, -0.15) is 5.26 Å². The molecule has 0 aliphatic carbocycles. The fraction of sp³-hybridized carbons (Fsp3) is 0.0714. The predicted molar refractivity (Wildman–Crippen MR) is 77.7 cm³/mol. The molecule has 0 radical (unpaired) electrons. The zero-order chi connectivity index (χ0) is 13.1. The summed E-state index contributed by atoms with van der Waals surface area (Å²) in [5, 5.41) is 12.3. The Morgan fingerprint density at radius 2 is 1.94 bits per heavy atom. The molecular formula is C14H12BrN3. The summed E-state index contributed by atoms with van der Waals surface area (Å²) in [6, 6.07) is 13.4. The number of rotatable bonds is 2. The van der Waals surface area contributed by atoms with Crippen molar-refractivity contribution in [2.24, 2.45) is 0 Å². The van der Waals surface area contributed by atoms with Gasteiger partial charge in [0.15, 0.2) is 0 Å². The van der Waals surface area contributed by atoms with Crippen LogP contribution in [0.3, 0.4) is 0 Å². The van der Waals surface area contributed by atoms with Crippen molar-refractivity contribution in [1.29, 1.82) is 5.26 Å². The molecule has 2 aromatic carbocycles. The lowest BCUT2D eigenvalue weighted by Gasteiger charge is -2.11. The van der Waals surface area contributed by atoms with Crippen molar-refractivity contribution in [3.63, 3.8) is 0 Å². The van der Waals surface area contributed by atoms with Gasteiger partial charge >= 0.3 is 0 Å². The largest absolute Gasteiger partial charge is 0.399 e. The number of nitriles is 1. The zero-order valence-corrected chi connectivity index (χ0v) is 11.5. The fourth-order valence-corrected chi connectivity index (χ4v) is 1.99. The molecule has 18 heavy (non-hydrogen) atoms. The van der Waals surface area contributed by atoms with Crippen LogP contribution in [0, 0.1) is 18.3 Å². The average Bonchev–Trinajstić information content (AvgIpc) is 2.36. The van der Waals surface area contributed by atoms with Crippen molar-refractivity contribution in [2.75, 3.05) is 11.1 Å². The molecule has 0 unspecified atom stereocenters. The summed E-state index contributed by atoms with van der Waals surface area (Å²) in [5.74, 6) is 0. The summed E-state index contributed by atoms with van der Waals surface area (Å²) in [6.45, 7) is 2.02. The highest BCUT2D eigenvalue weighted by molar-refractivity contribution is 9.10. The van der Waals surface area contributed by atoms with Gasteiger partial charge in [-0.05, 0) is 58.7 Å². The van der Waals surface area contributed by atoms with Crippen LogP contribution in [0.25, 0.3) is 0 Å². The Bertz CT molecular complexity index is 629. The third kappa shape index (κ3) is 2.63. The molecule has 0 spiro atoms. The van der Waals surface area contributed by atoms with E-state index in [1.165, 1.54) is 0 Å². The van der Waals surface area contributed by atoms with Crippen LogP contribution < -0.4 is 11.1 Å². The van der Waals surface area contributed by atoms with Crippen LogP contribution in [0.1, 0.15) is 11.1 Å². The Labute approximate surface area is 114 Å². The number of aryl methyl sites for hydroxylation is 1. The summed E-state index contributed by atoms with van der Waals surface area (Å²) in [7, 11) is 0. The molecule has 0 aliphatic rings. The minimum Gasteiger partial charge on any atom is -0.399 e. The molecule has 0 amide bonds. The van der Waals surface area contributed by atoms with Gasteiger partial charge in [0, 0.05) is 10.2 Å². The Morgan fingerprint density at radius 3 is 2.67 bits per heavy atom. The maximum Gasteiger partial charge on any atom is 0.101 e. The molecule has 0 bridgehead atoms. The number of halogens is 1. The monoisotopic (exact) mass is 301 g/mol. The van der Waals surface area contributed by atoms with E-state index >= 15 is 0 Å². The molecule has 0 fully saturated rings. The van der Waals surface area contributed by atoms with Crippen molar-refractivity contribution in [3.8, 4) is 6.07 Å². The van der Waals surface area contributed by atoms with E-state index in [1.807, 2.05) is 31.2 Å². The van der Waals surface area contributed by atoms with Crippen LogP contribution in [-0.4, -0.2) is 0 Å². The van der Waals surface area contributed by atoms with Crippen molar-refractivity contribution in [2.45, 2.75) is 6.92 Å². The highest BCUT2D eigenvalue weighted by atomic mass is 79.9. The molecule has 90 valence electrons. The van der Waals surface area contributed by atoms with E-state index in [0.29, 0.717) is 11.3 Å². The summed E-state index contributed by atoms with van der Waals surface area (Å²) >= 11 is 3.48. The molecule has 3 N–H and O–H groups in total. The van der Waals surface area contributed by atoms with E-state index in [9.17, 15) is 0 Å². The normalized spacial score (nSPS) is 9.83. The first-order valence-corrected chi connectivity index (χ1v) is 6.22. The highest BCUT2D eigenvalue weighted by Crippen LogP contribution is 2.29. The molecule has 0 atom stereocenters. The first-order valence-electron chi connectivity index (χ1n) is 5.43. The van der Waals surface area contributed by atoms with Gasteiger partial charge in [-0.1, -0.05) is 6.07 Å². The van der Waals surface area contributed by atoms with Gasteiger partial charge in [0.2, 0.25) is 0 Å². The Kier molecular flexibility index (Phi) is 3.54. The van der Waals surface area contributed by atoms with Crippen molar-refractivity contribution in [3.05, 3.63) is 52.0 Å². The molecule has 0 saturated heterocycles. The fourth-order valence-electron chi connectivity index (χ4n) is 1.64. The second-order valence-electron chi connectivity index (χ2n) is 4.03. The number of nitrogens with one attached hydrogen (secondary N) is 1. The topological polar surface area (TPSA) is 61.8 Å². The van der Waals surface area contributed by atoms with Gasteiger partial charge in [0.25, 0.3) is 0 Å². The molecule has 0 aliphatic heterocycles. The minimum atomic E-state index is 0.531. The first-order chi connectivity index (χ1) is 8.60. The van der Waals surface area contributed by atoms with Gasteiger partial charge in [-0.3, -0.25) is 0 Å². The van der Waals surface area contributed by atoms with E-state index in [0.717, 1.165) is 21.4 Å². The van der Waals surface area contributed by atoms with Crippen molar-refractivity contribution < 1.29 is 0 Å². The lowest BCUT2D eigenvalue weighted by molar-refractivity contribution is 1.42. The van der Waals surface area contributed by atoms with E-state index in [2.05, 4.69) is 27.3 Å². The van der Waals surface area contributed by atoms with Gasteiger partial charge in [-0.15, -0.1) is 0 Å². The molecule has 4 heteroatoms. The minimum absolute atomic E-state index is 0.531. The third-order valence-corrected chi connectivity index (χ3v) is 3.25. The number of nitrogen functional groups attached to an aromatic ring is 1. The zero-order valence-electron chi connectivity index (χ0n) is 9.87. The summed E-state index contributed by atoms with van der Waals surface area (Å²) in [4.78, 5) is 0. The molecule has 2 rings (SSSR count). The third-order valence-electron chi connectivity index (χ3n) is 2.56. The second-order valence-corrected chi connectivity index (χ2v) is 4.88. The first kappa shape index (κ1) is 12.5.